The van der Waals surface area contributed by atoms with Crippen molar-refractivity contribution in [2.45, 2.75) is 45.1 Å². The lowest BCUT2D eigenvalue weighted by molar-refractivity contribution is -0.123. The van der Waals surface area contributed by atoms with E-state index >= 15 is 0 Å². The fraction of sp³-hybridized carbons (Fsp3) is 0.846. The second kappa shape index (κ2) is 6.48. The first-order chi connectivity index (χ1) is 8.35. The summed E-state index contributed by atoms with van der Waals surface area (Å²) in [6.45, 7) is 6.07. The normalized spacial score (nSPS) is 19.8. The van der Waals surface area contributed by atoms with E-state index in [-0.39, 0.29) is 5.91 Å². The average molecular weight is 271 g/mol. The number of thiocarbonyl (C=S) groups is 1. The summed E-state index contributed by atoms with van der Waals surface area (Å²) >= 11 is 5.16. The standard InChI is InChI=1S/C13H25N3OS/c1-10(2)4-5-11(17)15-13(12(14)18)6-8-16(3)9-7-13/h10H,4-9H2,1-3H3,(H2,14,18)(H,15,17). The van der Waals surface area contributed by atoms with E-state index in [1.54, 1.807) is 0 Å². The van der Waals surface area contributed by atoms with Gasteiger partial charge in [-0.1, -0.05) is 26.1 Å². The first kappa shape index (κ1) is 15.4. The van der Waals surface area contributed by atoms with Crippen LogP contribution in [0.25, 0.3) is 0 Å². The highest BCUT2D eigenvalue weighted by atomic mass is 32.1. The molecule has 1 fully saturated rings. The van der Waals surface area contributed by atoms with E-state index in [9.17, 15) is 4.79 Å². The third-order valence-electron chi connectivity index (χ3n) is 3.64. The number of nitrogens with one attached hydrogen (secondary N) is 1. The highest BCUT2D eigenvalue weighted by molar-refractivity contribution is 7.80. The van der Waals surface area contributed by atoms with Crippen LogP contribution in [-0.2, 0) is 4.79 Å². The molecule has 1 saturated heterocycles. The topological polar surface area (TPSA) is 58.4 Å². The molecule has 1 amide bonds. The van der Waals surface area contributed by atoms with Gasteiger partial charge in [0.15, 0.2) is 0 Å². The summed E-state index contributed by atoms with van der Waals surface area (Å²) in [6, 6.07) is 0. The van der Waals surface area contributed by atoms with Crippen molar-refractivity contribution in [2.75, 3.05) is 20.1 Å². The van der Waals surface area contributed by atoms with Crippen molar-refractivity contribution >= 4 is 23.1 Å². The van der Waals surface area contributed by atoms with Gasteiger partial charge in [0.05, 0.1) is 10.5 Å². The maximum absolute atomic E-state index is 12.0. The molecule has 0 unspecified atom stereocenters. The Balaban J connectivity index is 2.58. The molecule has 4 nitrogen and oxygen atoms in total. The average Bonchev–Trinajstić information content (AvgIpc) is 2.29. The van der Waals surface area contributed by atoms with Crippen LogP contribution >= 0.6 is 12.2 Å². The molecule has 0 aliphatic carbocycles. The summed E-state index contributed by atoms with van der Waals surface area (Å²) in [6.07, 6.45) is 3.08. The van der Waals surface area contributed by atoms with Gasteiger partial charge in [0.25, 0.3) is 0 Å². The van der Waals surface area contributed by atoms with Gasteiger partial charge in [0, 0.05) is 19.5 Å². The molecule has 1 aliphatic heterocycles. The summed E-state index contributed by atoms with van der Waals surface area (Å²) in [5, 5.41) is 3.08. The third-order valence-corrected chi connectivity index (χ3v) is 4.03. The zero-order chi connectivity index (χ0) is 13.8. The zero-order valence-corrected chi connectivity index (χ0v) is 12.5. The van der Waals surface area contributed by atoms with E-state index in [0.29, 0.717) is 17.3 Å². The number of piperidine rings is 1. The lowest BCUT2D eigenvalue weighted by Gasteiger charge is -2.40. The molecular formula is C13H25N3OS. The first-order valence-electron chi connectivity index (χ1n) is 6.65. The van der Waals surface area contributed by atoms with Crippen molar-refractivity contribution < 1.29 is 4.79 Å². The van der Waals surface area contributed by atoms with E-state index in [1.165, 1.54) is 0 Å². The quantitative estimate of drug-likeness (QED) is 0.740. The lowest BCUT2D eigenvalue weighted by atomic mass is 9.87. The van der Waals surface area contributed by atoms with Crippen LogP contribution in [0.1, 0.15) is 39.5 Å². The van der Waals surface area contributed by atoms with Crippen molar-refractivity contribution in [1.29, 1.82) is 0 Å². The molecule has 0 saturated carbocycles. The van der Waals surface area contributed by atoms with Crippen molar-refractivity contribution in [3.05, 3.63) is 0 Å². The van der Waals surface area contributed by atoms with E-state index in [4.69, 9.17) is 18.0 Å². The SMILES string of the molecule is CC(C)CCC(=O)NC1(C(N)=S)CCN(C)CC1. The second-order valence-corrected chi connectivity index (χ2v) is 6.17. The van der Waals surface area contributed by atoms with Crippen LogP contribution in [0.3, 0.4) is 0 Å². The maximum atomic E-state index is 12.0. The van der Waals surface area contributed by atoms with E-state index in [1.807, 2.05) is 0 Å². The number of nitrogens with two attached hydrogens (primary N) is 1. The van der Waals surface area contributed by atoms with E-state index in [2.05, 4.69) is 31.1 Å². The molecule has 1 aliphatic rings. The van der Waals surface area contributed by atoms with Gasteiger partial charge in [-0.2, -0.15) is 0 Å². The number of amides is 1. The smallest absolute Gasteiger partial charge is 0.220 e. The Morgan fingerprint density at radius 3 is 2.44 bits per heavy atom. The summed E-state index contributed by atoms with van der Waals surface area (Å²) in [7, 11) is 2.07. The van der Waals surface area contributed by atoms with Gasteiger partial charge in [-0.05, 0) is 32.2 Å². The Labute approximate surface area is 115 Å². The fourth-order valence-corrected chi connectivity index (χ4v) is 2.44. The van der Waals surface area contributed by atoms with Gasteiger partial charge in [0.2, 0.25) is 5.91 Å². The Bertz CT molecular complexity index is 309. The predicted octanol–water partition coefficient (Wildman–Crippen LogP) is 1.29. The summed E-state index contributed by atoms with van der Waals surface area (Å²) in [5.41, 5.74) is 5.39. The molecule has 5 heteroatoms. The van der Waals surface area contributed by atoms with Crippen molar-refractivity contribution in [3.8, 4) is 0 Å². The minimum Gasteiger partial charge on any atom is -0.391 e. The number of carbonyl (C=O) groups excluding carboxylic acids is 1. The number of nitrogens with zero attached hydrogens (tertiary/aromatic N) is 1. The number of carbonyl (C=O) groups is 1. The van der Waals surface area contributed by atoms with Crippen LogP contribution in [0.5, 0.6) is 0 Å². The van der Waals surface area contributed by atoms with Gasteiger partial charge in [-0.15, -0.1) is 0 Å². The van der Waals surface area contributed by atoms with E-state index < -0.39 is 5.54 Å². The number of hydrogen-bond donors (Lipinski definition) is 2. The molecule has 0 aromatic carbocycles. The molecule has 1 heterocycles. The van der Waals surface area contributed by atoms with Crippen molar-refractivity contribution in [2.24, 2.45) is 11.7 Å². The van der Waals surface area contributed by atoms with Crippen LogP contribution in [0.2, 0.25) is 0 Å². The molecule has 0 aromatic heterocycles. The number of rotatable bonds is 5. The maximum Gasteiger partial charge on any atom is 0.220 e. The Morgan fingerprint density at radius 2 is 2.00 bits per heavy atom. The molecule has 0 spiro atoms. The van der Waals surface area contributed by atoms with Gasteiger partial charge >= 0.3 is 0 Å². The number of hydrogen-bond acceptors (Lipinski definition) is 3. The highest BCUT2D eigenvalue weighted by Crippen LogP contribution is 2.22. The number of likely N-dealkylation sites (tertiary alicyclic amines) is 1. The van der Waals surface area contributed by atoms with Crippen molar-refractivity contribution in [1.82, 2.24) is 10.2 Å². The van der Waals surface area contributed by atoms with Gasteiger partial charge in [-0.3, -0.25) is 4.79 Å². The summed E-state index contributed by atoms with van der Waals surface area (Å²) in [5.74, 6) is 0.607. The Kier molecular flexibility index (Phi) is 5.53. The molecule has 1 rings (SSSR count). The summed E-state index contributed by atoms with van der Waals surface area (Å²) in [4.78, 5) is 14.6. The van der Waals surface area contributed by atoms with Crippen LogP contribution in [0.15, 0.2) is 0 Å². The molecule has 0 radical (unpaired) electrons. The zero-order valence-electron chi connectivity index (χ0n) is 11.7. The molecule has 0 atom stereocenters. The predicted molar refractivity (Wildman–Crippen MR) is 78.5 cm³/mol. The molecule has 3 N–H and O–H groups in total. The molecular weight excluding hydrogens is 246 g/mol. The highest BCUT2D eigenvalue weighted by Gasteiger charge is 2.37. The van der Waals surface area contributed by atoms with Crippen molar-refractivity contribution in [3.63, 3.8) is 0 Å². The summed E-state index contributed by atoms with van der Waals surface area (Å²) < 4.78 is 0. The van der Waals surface area contributed by atoms with Gasteiger partial charge in [-0.25, -0.2) is 0 Å². The first-order valence-corrected chi connectivity index (χ1v) is 7.06. The lowest BCUT2D eigenvalue weighted by Crippen LogP contribution is -2.61. The van der Waals surface area contributed by atoms with Gasteiger partial charge < -0.3 is 16.0 Å². The Hall–Kier alpha value is -0.680. The van der Waals surface area contributed by atoms with E-state index in [0.717, 1.165) is 32.4 Å². The fourth-order valence-electron chi connectivity index (χ4n) is 2.18. The molecule has 0 aromatic rings. The van der Waals surface area contributed by atoms with Crippen LogP contribution in [0.4, 0.5) is 0 Å². The van der Waals surface area contributed by atoms with Crippen LogP contribution < -0.4 is 11.1 Å². The third kappa shape index (κ3) is 4.21. The minimum absolute atomic E-state index is 0.0704. The van der Waals surface area contributed by atoms with Crippen LogP contribution in [-0.4, -0.2) is 41.5 Å². The Morgan fingerprint density at radius 1 is 1.44 bits per heavy atom. The van der Waals surface area contributed by atoms with Crippen LogP contribution in [0, 0.1) is 5.92 Å². The second-order valence-electron chi connectivity index (χ2n) is 5.73. The monoisotopic (exact) mass is 271 g/mol. The largest absolute Gasteiger partial charge is 0.391 e. The molecule has 104 valence electrons. The molecule has 18 heavy (non-hydrogen) atoms. The molecule has 0 bridgehead atoms. The van der Waals surface area contributed by atoms with Gasteiger partial charge in [0.1, 0.15) is 0 Å². The minimum atomic E-state index is -0.462.